The summed E-state index contributed by atoms with van der Waals surface area (Å²) in [4.78, 5) is 35.3. The summed E-state index contributed by atoms with van der Waals surface area (Å²) in [5, 5.41) is 11.5. The molecule has 0 aromatic heterocycles. The van der Waals surface area contributed by atoms with Crippen LogP contribution in [-0.4, -0.2) is 35.6 Å². The number of benzene rings is 3. The van der Waals surface area contributed by atoms with Gasteiger partial charge in [0.15, 0.2) is 0 Å². The normalized spacial score (nSPS) is 12.7. The van der Waals surface area contributed by atoms with Crippen LogP contribution in [0.2, 0.25) is 0 Å². The quantitative estimate of drug-likeness (QED) is 0.355. The lowest BCUT2D eigenvalue weighted by atomic mass is 9.99. The minimum atomic E-state index is -0.737. The minimum Gasteiger partial charge on any atom is -0.481 e. The Morgan fingerprint density at radius 1 is 0.703 bits per heavy atom. The van der Waals surface area contributed by atoms with Gasteiger partial charge in [-0.3, -0.25) is 9.59 Å². The molecule has 2 unspecified atom stereocenters. The maximum atomic E-state index is 12.5. The van der Waals surface area contributed by atoms with Crippen molar-refractivity contribution in [2.75, 3.05) is 6.61 Å². The van der Waals surface area contributed by atoms with Gasteiger partial charge in [-0.2, -0.15) is 0 Å². The first-order chi connectivity index (χ1) is 17.8. The van der Waals surface area contributed by atoms with Gasteiger partial charge < -0.3 is 15.2 Å². The Hall–Kier alpha value is -3.93. The lowest BCUT2D eigenvalue weighted by Gasteiger charge is -2.20. The van der Waals surface area contributed by atoms with Gasteiger partial charge in [0, 0.05) is 12.3 Å². The van der Waals surface area contributed by atoms with Crippen molar-refractivity contribution in [3.63, 3.8) is 0 Å². The third-order valence-electron chi connectivity index (χ3n) is 5.81. The van der Waals surface area contributed by atoms with Gasteiger partial charge in [-0.1, -0.05) is 105 Å². The zero-order valence-corrected chi connectivity index (χ0v) is 21.8. The van der Waals surface area contributed by atoms with E-state index in [1.807, 2.05) is 97.9 Å². The number of ether oxygens (including phenoxy) is 1. The van der Waals surface area contributed by atoms with Crippen LogP contribution in [0.1, 0.15) is 37.5 Å². The van der Waals surface area contributed by atoms with Crippen LogP contribution in [0.5, 0.6) is 0 Å². The SMILES string of the molecule is CC(Cc1ccccc1)C(=O)O.CCOC(=O)[C@H](Cc1ccccc1)NC(=O)C(C)Cc1ccccc1. The van der Waals surface area contributed by atoms with Crippen LogP contribution in [0.25, 0.3) is 0 Å². The van der Waals surface area contributed by atoms with Crippen molar-refractivity contribution in [2.24, 2.45) is 11.8 Å². The lowest BCUT2D eigenvalue weighted by Crippen LogP contribution is -2.45. The zero-order valence-electron chi connectivity index (χ0n) is 21.8. The summed E-state index contributed by atoms with van der Waals surface area (Å²) in [5.41, 5.74) is 3.16. The molecule has 2 N–H and O–H groups in total. The van der Waals surface area contributed by atoms with Crippen molar-refractivity contribution in [1.29, 1.82) is 0 Å². The van der Waals surface area contributed by atoms with E-state index < -0.39 is 18.0 Å². The van der Waals surface area contributed by atoms with Crippen LogP contribution < -0.4 is 5.32 Å². The summed E-state index contributed by atoms with van der Waals surface area (Å²) in [6, 6.07) is 28.5. The predicted octanol–water partition coefficient (Wildman–Crippen LogP) is 5.11. The number of hydrogen-bond acceptors (Lipinski definition) is 4. The summed E-state index contributed by atoms with van der Waals surface area (Å²) < 4.78 is 5.12. The molecule has 0 heterocycles. The van der Waals surface area contributed by atoms with Crippen LogP contribution in [0.4, 0.5) is 0 Å². The van der Waals surface area contributed by atoms with Crippen molar-refractivity contribution < 1.29 is 24.2 Å². The van der Waals surface area contributed by atoms with E-state index in [9.17, 15) is 14.4 Å². The first-order valence-electron chi connectivity index (χ1n) is 12.6. The Morgan fingerprint density at radius 3 is 1.51 bits per heavy atom. The smallest absolute Gasteiger partial charge is 0.328 e. The van der Waals surface area contributed by atoms with Crippen molar-refractivity contribution >= 4 is 17.8 Å². The minimum absolute atomic E-state index is 0.141. The third kappa shape index (κ3) is 11.1. The van der Waals surface area contributed by atoms with Gasteiger partial charge in [-0.05, 0) is 36.5 Å². The van der Waals surface area contributed by atoms with Gasteiger partial charge in [-0.25, -0.2) is 4.79 Å². The second-order valence-electron chi connectivity index (χ2n) is 9.02. The molecule has 0 bridgehead atoms. The van der Waals surface area contributed by atoms with Gasteiger partial charge in [0.25, 0.3) is 0 Å². The first kappa shape index (κ1) is 29.3. The number of carboxylic acid groups (broad SMARTS) is 1. The highest BCUT2D eigenvalue weighted by Gasteiger charge is 2.25. The van der Waals surface area contributed by atoms with E-state index in [0.29, 0.717) is 25.9 Å². The van der Waals surface area contributed by atoms with E-state index in [0.717, 1.165) is 16.7 Å². The Morgan fingerprint density at radius 2 is 1.11 bits per heavy atom. The van der Waals surface area contributed by atoms with Crippen LogP contribution in [-0.2, 0) is 38.4 Å². The topological polar surface area (TPSA) is 92.7 Å². The fraction of sp³-hybridized carbons (Fsp3) is 0.323. The Bertz CT molecular complexity index is 1090. The number of rotatable bonds is 11. The second kappa shape index (κ2) is 15.9. The molecule has 3 aromatic carbocycles. The molecule has 196 valence electrons. The summed E-state index contributed by atoms with van der Waals surface area (Å²) in [6.07, 6.45) is 1.66. The van der Waals surface area contributed by atoms with E-state index in [-0.39, 0.29) is 17.7 Å². The third-order valence-corrected chi connectivity index (χ3v) is 5.81. The first-order valence-corrected chi connectivity index (χ1v) is 12.6. The van der Waals surface area contributed by atoms with Crippen molar-refractivity contribution in [2.45, 2.75) is 46.1 Å². The maximum Gasteiger partial charge on any atom is 0.328 e. The fourth-order valence-electron chi connectivity index (χ4n) is 3.72. The van der Waals surface area contributed by atoms with Crippen LogP contribution in [0.3, 0.4) is 0 Å². The van der Waals surface area contributed by atoms with Gasteiger partial charge in [-0.15, -0.1) is 0 Å². The largest absolute Gasteiger partial charge is 0.481 e. The number of aliphatic carboxylic acids is 1. The molecule has 0 spiro atoms. The van der Waals surface area contributed by atoms with Crippen molar-refractivity contribution in [3.8, 4) is 0 Å². The van der Waals surface area contributed by atoms with E-state index >= 15 is 0 Å². The highest BCUT2D eigenvalue weighted by Crippen LogP contribution is 2.11. The van der Waals surface area contributed by atoms with Gasteiger partial charge >= 0.3 is 11.9 Å². The van der Waals surface area contributed by atoms with E-state index in [4.69, 9.17) is 9.84 Å². The molecule has 3 aromatic rings. The summed E-state index contributed by atoms with van der Waals surface area (Å²) in [7, 11) is 0. The fourth-order valence-corrected chi connectivity index (χ4v) is 3.72. The summed E-state index contributed by atoms with van der Waals surface area (Å²) in [5.74, 6) is -1.80. The highest BCUT2D eigenvalue weighted by molar-refractivity contribution is 5.86. The van der Waals surface area contributed by atoms with Gasteiger partial charge in [0.1, 0.15) is 6.04 Å². The molecule has 0 fully saturated rings. The number of nitrogens with one attached hydrogen (secondary N) is 1. The number of hydrogen-bond donors (Lipinski definition) is 2. The van der Waals surface area contributed by atoms with Crippen molar-refractivity contribution in [3.05, 3.63) is 108 Å². The number of carbonyl (C=O) groups excluding carboxylic acids is 2. The van der Waals surface area contributed by atoms with Crippen LogP contribution in [0, 0.1) is 11.8 Å². The standard InChI is InChI=1S/C21H25NO3.C10H12O2/c1-3-25-21(24)19(15-18-12-8-5-9-13-18)22-20(23)16(2)14-17-10-6-4-7-11-17;1-8(10(11)12)7-9-5-3-2-4-6-9/h4-13,16,19H,3,14-15H2,1-2H3,(H,22,23);2-6,8H,7H2,1H3,(H,11,12)/t16?,19-;/m0./s1. The van der Waals surface area contributed by atoms with E-state index in [1.54, 1.807) is 13.8 Å². The molecule has 6 heteroatoms. The summed E-state index contributed by atoms with van der Waals surface area (Å²) in [6.45, 7) is 5.64. The van der Waals surface area contributed by atoms with Crippen LogP contribution >= 0.6 is 0 Å². The number of carboxylic acids is 1. The van der Waals surface area contributed by atoms with Crippen molar-refractivity contribution in [1.82, 2.24) is 5.32 Å². The predicted molar refractivity (Wildman–Crippen MR) is 145 cm³/mol. The molecule has 0 aliphatic carbocycles. The molecule has 37 heavy (non-hydrogen) atoms. The Kier molecular flexibility index (Phi) is 12.6. The molecule has 3 rings (SSSR count). The number of esters is 1. The van der Waals surface area contributed by atoms with E-state index in [2.05, 4.69) is 5.32 Å². The molecular formula is C31H37NO5. The molecule has 3 atom stereocenters. The second-order valence-corrected chi connectivity index (χ2v) is 9.02. The molecule has 0 aliphatic rings. The lowest BCUT2D eigenvalue weighted by molar-refractivity contribution is -0.147. The molecule has 0 saturated heterocycles. The Balaban J connectivity index is 0.000000335. The number of carbonyl (C=O) groups is 3. The Labute approximate surface area is 219 Å². The molecule has 6 nitrogen and oxygen atoms in total. The molecule has 0 aliphatic heterocycles. The molecule has 0 radical (unpaired) electrons. The maximum absolute atomic E-state index is 12.5. The average Bonchev–Trinajstić information content (AvgIpc) is 2.90. The molecule has 0 saturated carbocycles. The van der Waals surface area contributed by atoms with Gasteiger partial charge in [0.05, 0.1) is 12.5 Å². The highest BCUT2D eigenvalue weighted by atomic mass is 16.5. The van der Waals surface area contributed by atoms with Gasteiger partial charge in [0.2, 0.25) is 5.91 Å². The monoisotopic (exact) mass is 503 g/mol. The van der Waals surface area contributed by atoms with E-state index in [1.165, 1.54) is 0 Å². The van der Waals surface area contributed by atoms with Crippen LogP contribution in [0.15, 0.2) is 91.0 Å². The molecular weight excluding hydrogens is 466 g/mol. The molecule has 1 amide bonds. The zero-order chi connectivity index (χ0) is 27.0. The number of amides is 1. The average molecular weight is 504 g/mol. The summed E-state index contributed by atoms with van der Waals surface area (Å²) >= 11 is 0.